The van der Waals surface area contributed by atoms with E-state index in [0.717, 1.165) is 57.8 Å². The smallest absolute Gasteiger partial charge is 0.462 e. The Balaban J connectivity index is 2.23. The molecule has 11 nitrogen and oxygen atoms in total. The standard InChI is InChI=1S/C42H79O11P/c1-3-5-7-8-9-10-11-12-13-14-15-16-21-24-28-32-42(46)52-38(36-51-54(47,48)50-34-37(44)33-43)35-49-41(45)31-27-23-20-18-17-19-22-26-30-40-39(53-40)29-25-6-4-2/h22,26,37-40,43-44H,3-21,23-25,27-36H2,1-2H3,(H,47,48)/b26-22-/t37-,38+,39?,40?/m0/s1. The Kier molecular flexibility index (Phi) is 32.7. The first-order chi connectivity index (χ1) is 26.2. The first-order valence-electron chi connectivity index (χ1n) is 21.8. The number of rotatable bonds is 40. The highest BCUT2D eigenvalue weighted by molar-refractivity contribution is 7.47. The van der Waals surface area contributed by atoms with Crippen molar-refractivity contribution >= 4 is 19.8 Å². The third-order valence-corrected chi connectivity index (χ3v) is 10.8. The summed E-state index contributed by atoms with van der Waals surface area (Å²) in [6, 6.07) is 0. The normalized spacial score (nSPS) is 17.7. The topological polar surface area (TPSA) is 161 Å². The van der Waals surface area contributed by atoms with Crippen molar-refractivity contribution in [1.82, 2.24) is 0 Å². The molecule has 12 heteroatoms. The SMILES string of the molecule is CCCCCCCCCCCCCCCCCC(=O)O[C@H](COC(=O)CCCCCCC/C=C\CC1OC1CCCCC)COP(=O)(O)OC[C@@H](O)CO. The molecule has 3 unspecified atom stereocenters. The second-order valence-electron chi connectivity index (χ2n) is 15.1. The van der Waals surface area contributed by atoms with E-state index < -0.39 is 51.8 Å². The van der Waals surface area contributed by atoms with Crippen LogP contribution in [0.3, 0.4) is 0 Å². The van der Waals surface area contributed by atoms with E-state index in [1.807, 2.05) is 0 Å². The molecule has 318 valence electrons. The Morgan fingerprint density at radius 2 is 1.15 bits per heavy atom. The zero-order valence-electron chi connectivity index (χ0n) is 34.1. The number of epoxide rings is 1. The average Bonchev–Trinajstić information content (AvgIpc) is 3.91. The summed E-state index contributed by atoms with van der Waals surface area (Å²) in [6.45, 7) is 2.34. The molecule has 1 aliphatic heterocycles. The first-order valence-corrected chi connectivity index (χ1v) is 23.3. The number of hydrogen-bond acceptors (Lipinski definition) is 10. The van der Waals surface area contributed by atoms with Gasteiger partial charge in [-0.05, 0) is 38.5 Å². The summed E-state index contributed by atoms with van der Waals surface area (Å²) in [4.78, 5) is 35.0. The number of hydrogen-bond donors (Lipinski definition) is 3. The van der Waals surface area contributed by atoms with E-state index in [-0.39, 0.29) is 19.4 Å². The van der Waals surface area contributed by atoms with Crippen molar-refractivity contribution in [2.24, 2.45) is 0 Å². The Morgan fingerprint density at radius 1 is 0.648 bits per heavy atom. The Morgan fingerprint density at radius 3 is 1.72 bits per heavy atom. The number of esters is 2. The van der Waals surface area contributed by atoms with E-state index in [4.69, 9.17) is 23.8 Å². The lowest BCUT2D eigenvalue weighted by molar-refractivity contribution is -0.161. The monoisotopic (exact) mass is 791 g/mol. The molecule has 0 aromatic heterocycles. The maximum atomic E-state index is 12.6. The lowest BCUT2D eigenvalue weighted by Gasteiger charge is -2.20. The van der Waals surface area contributed by atoms with Crippen LogP contribution >= 0.6 is 7.82 Å². The van der Waals surface area contributed by atoms with E-state index >= 15 is 0 Å². The first kappa shape index (κ1) is 50.7. The fraction of sp³-hybridized carbons (Fsp3) is 0.905. The maximum Gasteiger partial charge on any atom is 0.472 e. The Labute approximate surface area is 328 Å². The Bertz CT molecular complexity index is 978. The van der Waals surface area contributed by atoms with Crippen LogP contribution in [0.5, 0.6) is 0 Å². The van der Waals surface area contributed by atoms with Crippen LogP contribution in [0.2, 0.25) is 0 Å². The summed E-state index contributed by atoms with van der Waals surface area (Å²) >= 11 is 0. The number of allylic oxidation sites excluding steroid dienone is 1. The number of carbonyl (C=O) groups is 2. The van der Waals surface area contributed by atoms with Crippen molar-refractivity contribution in [2.45, 2.75) is 218 Å². The van der Waals surface area contributed by atoms with Gasteiger partial charge in [0.25, 0.3) is 0 Å². The number of aliphatic hydroxyl groups excluding tert-OH is 2. The summed E-state index contributed by atoms with van der Waals surface area (Å²) < 4.78 is 38.4. The average molecular weight is 791 g/mol. The third-order valence-electron chi connectivity index (χ3n) is 9.84. The number of ether oxygens (including phenoxy) is 3. The van der Waals surface area contributed by atoms with Gasteiger partial charge in [0.15, 0.2) is 6.10 Å². The van der Waals surface area contributed by atoms with Crippen LogP contribution in [0.15, 0.2) is 12.2 Å². The van der Waals surface area contributed by atoms with Crippen LogP contribution in [-0.4, -0.2) is 77.9 Å². The van der Waals surface area contributed by atoms with Crippen LogP contribution in [0.25, 0.3) is 0 Å². The summed E-state index contributed by atoms with van der Waals surface area (Å²) in [5, 5.41) is 18.3. The van der Waals surface area contributed by atoms with Crippen LogP contribution < -0.4 is 0 Å². The zero-order valence-corrected chi connectivity index (χ0v) is 35.0. The van der Waals surface area contributed by atoms with Gasteiger partial charge in [0, 0.05) is 12.8 Å². The van der Waals surface area contributed by atoms with Gasteiger partial charge in [-0.2, -0.15) is 0 Å². The van der Waals surface area contributed by atoms with Gasteiger partial charge in [-0.3, -0.25) is 18.6 Å². The van der Waals surface area contributed by atoms with Crippen molar-refractivity contribution in [3.05, 3.63) is 12.2 Å². The molecule has 1 fully saturated rings. The van der Waals surface area contributed by atoms with Gasteiger partial charge in [-0.1, -0.05) is 154 Å². The maximum absolute atomic E-state index is 12.6. The summed E-state index contributed by atoms with van der Waals surface area (Å²) in [6.07, 6.45) is 33.4. The molecular weight excluding hydrogens is 711 g/mol. The predicted molar refractivity (Wildman–Crippen MR) is 214 cm³/mol. The lowest BCUT2D eigenvalue weighted by Crippen LogP contribution is -2.29. The molecule has 0 spiro atoms. The van der Waals surface area contributed by atoms with Crippen LogP contribution in [0.4, 0.5) is 0 Å². The fourth-order valence-electron chi connectivity index (χ4n) is 6.35. The molecule has 1 aliphatic rings. The van der Waals surface area contributed by atoms with Crippen LogP contribution in [-0.2, 0) is 37.4 Å². The summed E-state index contributed by atoms with van der Waals surface area (Å²) in [7, 11) is -4.62. The highest BCUT2D eigenvalue weighted by Gasteiger charge is 2.36. The molecule has 0 saturated carbocycles. The van der Waals surface area contributed by atoms with E-state index in [1.165, 1.54) is 96.3 Å². The largest absolute Gasteiger partial charge is 0.472 e. The molecule has 3 N–H and O–H groups in total. The predicted octanol–water partition coefficient (Wildman–Crippen LogP) is 10.2. The molecule has 0 radical (unpaired) electrons. The molecular formula is C42H79O11P. The van der Waals surface area contributed by atoms with Gasteiger partial charge in [0.05, 0.1) is 32.0 Å². The van der Waals surface area contributed by atoms with Crippen molar-refractivity contribution in [2.75, 3.05) is 26.4 Å². The van der Waals surface area contributed by atoms with E-state index in [0.29, 0.717) is 25.0 Å². The lowest BCUT2D eigenvalue weighted by atomic mass is 10.0. The highest BCUT2D eigenvalue weighted by atomic mass is 31.2. The number of phosphoric acid groups is 1. The minimum atomic E-state index is -4.62. The third kappa shape index (κ3) is 31.8. The number of phosphoric ester groups is 1. The molecule has 0 aromatic rings. The second-order valence-corrected chi connectivity index (χ2v) is 16.6. The second kappa shape index (κ2) is 34.9. The van der Waals surface area contributed by atoms with Gasteiger partial charge in [-0.15, -0.1) is 0 Å². The molecule has 0 aromatic carbocycles. The number of aliphatic hydroxyl groups is 2. The molecule has 0 bridgehead atoms. The molecule has 0 aliphatic carbocycles. The minimum absolute atomic E-state index is 0.184. The van der Waals surface area contributed by atoms with Gasteiger partial charge < -0.3 is 29.3 Å². The fourth-order valence-corrected chi connectivity index (χ4v) is 7.14. The van der Waals surface area contributed by atoms with Gasteiger partial charge >= 0.3 is 19.8 Å². The molecule has 1 saturated heterocycles. The van der Waals surface area contributed by atoms with Crippen molar-refractivity contribution in [1.29, 1.82) is 0 Å². The molecule has 0 amide bonds. The van der Waals surface area contributed by atoms with E-state index in [9.17, 15) is 24.2 Å². The number of carbonyl (C=O) groups excluding carboxylic acids is 2. The van der Waals surface area contributed by atoms with Crippen molar-refractivity contribution in [3.63, 3.8) is 0 Å². The molecule has 54 heavy (non-hydrogen) atoms. The molecule has 1 heterocycles. The van der Waals surface area contributed by atoms with Crippen LogP contribution in [0.1, 0.15) is 194 Å². The van der Waals surface area contributed by atoms with Gasteiger partial charge in [0.2, 0.25) is 0 Å². The van der Waals surface area contributed by atoms with Crippen LogP contribution in [0, 0.1) is 0 Å². The van der Waals surface area contributed by atoms with E-state index in [2.05, 4.69) is 30.5 Å². The highest BCUT2D eigenvalue weighted by Crippen LogP contribution is 2.43. The van der Waals surface area contributed by atoms with Crippen molar-refractivity contribution in [3.8, 4) is 0 Å². The van der Waals surface area contributed by atoms with E-state index in [1.54, 1.807) is 0 Å². The van der Waals surface area contributed by atoms with Crippen molar-refractivity contribution < 1.29 is 52.5 Å². The molecule has 1 rings (SSSR count). The zero-order chi connectivity index (χ0) is 39.5. The quantitative estimate of drug-likeness (QED) is 0.0178. The summed E-state index contributed by atoms with van der Waals surface area (Å²) in [5.74, 6) is -0.938. The van der Waals surface area contributed by atoms with Gasteiger partial charge in [0.1, 0.15) is 12.7 Å². The Hall–Kier alpha value is -1.33. The minimum Gasteiger partial charge on any atom is -0.462 e. The van der Waals surface area contributed by atoms with Gasteiger partial charge in [-0.25, -0.2) is 4.57 Å². The number of unbranched alkanes of at least 4 members (excludes halogenated alkanes) is 21. The summed E-state index contributed by atoms with van der Waals surface area (Å²) in [5.41, 5.74) is 0. The molecule has 5 atom stereocenters.